The van der Waals surface area contributed by atoms with Crippen LogP contribution in [0, 0.1) is 5.82 Å². The number of aromatic nitrogens is 2. The van der Waals surface area contributed by atoms with Crippen LogP contribution in [0.5, 0.6) is 6.01 Å². The van der Waals surface area contributed by atoms with Gasteiger partial charge in [-0.15, -0.1) is 0 Å². The molecule has 0 aliphatic rings. The minimum absolute atomic E-state index is 0.236. The topological polar surface area (TPSA) is 47.0 Å². The first kappa shape index (κ1) is 13.5. The van der Waals surface area contributed by atoms with Gasteiger partial charge in [0, 0.05) is 6.54 Å². The molecule has 1 heterocycles. The van der Waals surface area contributed by atoms with Crippen LogP contribution in [0.25, 0.3) is 0 Å². The van der Waals surface area contributed by atoms with Gasteiger partial charge in [-0.25, -0.2) is 9.37 Å². The first-order valence-electron chi connectivity index (χ1n) is 5.74. The molecule has 1 aromatic carbocycles. The zero-order valence-electron chi connectivity index (χ0n) is 10.4. The van der Waals surface area contributed by atoms with E-state index in [0.29, 0.717) is 17.4 Å². The smallest absolute Gasteiger partial charge is 0.318 e. The van der Waals surface area contributed by atoms with Gasteiger partial charge in [-0.2, -0.15) is 4.98 Å². The Hall–Kier alpha value is -1.88. The molecule has 0 saturated carbocycles. The Balaban J connectivity index is 1.93. The molecule has 0 spiro atoms. The van der Waals surface area contributed by atoms with Crippen LogP contribution in [0.4, 0.5) is 10.2 Å². The summed E-state index contributed by atoms with van der Waals surface area (Å²) in [7, 11) is 1.49. The van der Waals surface area contributed by atoms with Gasteiger partial charge in [0.2, 0.25) is 0 Å². The van der Waals surface area contributed by atoms with Gasteiger partial charge in [0.05, 0.1) is 13.3 Å². The van der Waals surface area contributed by atoms with E-state index in [4.69, 9.17) is 16.3 Å². The molecule has 0 bridgehead atoms. The molecule has 0 radical (unpaired) electrons. The van der Waals surface area contributed by atoms with Crippen molar-refractivity contribution in [2.75, 3.05) is 19.0 Å². The monoisotopic (exact) mass is 281 g/mol. The molecule has 0 saturated heterocycles. The van der Waals surface area contributed by atoms with Crippen molar-refractivity contribution >= 4 is 17.4 Å². The first-order valence-corrected chi connectivity index (χ1v) is 6.11. The van der Waals surface area contributed by atoms with Crippen LogP contribution in [0.3, 0.4) is 0 Å². The molecule has 0 aliphatic heterocycles. The fraction of sp³-hybridized carbons (Fsp3) is 0.231. The Bertz CT molecular complexity index is 548. The maximum Gasteiger partial charge on any atom is 0.318 e. The predicted molar refractivity (Wildman–Crippen MR) is 72.2 cm³/mol. The number of nitrogens with zero attached hydrogens (tertiary/aromatic N) is 2. The molecule has 19 heavy (non-hydrogen) atoms. The maximum absolute atomic E-state index is 12.7. The van der Waals surface area contributed by atoms with Crippen molar-refractivity contribution in [3.8, 4) is 6.01 Å². The summed E-state index contributed by atoms with van der Waals surface area (Å²) in [6, 6.07) is 6.64. The van der Waals surface area contributed by atoms with E-state index < -0.39 is 0 Å². The minimum Gasteiger partial charge on any atom is -0.467 e. The van der Waals surface area contributed by atoms with Gasteiger partial charge >= 0.3 is 6.01 Å². The highest BCUT2D eigenvalue weighted by Gasteiger charge is 2.05. The average Bonchev–Trinajstić information content (AvgIpc) is 2.43. The molecule has 0 amide bonds. The second kappa shape index (κ2) is 6.33. The zero-order valence-corrected chi connectivity index (χ0v) is 11.1. The van der Waals surface area contributed by atoms with Gasteiger partial charge in [-0.05, 0) is 24.1 Å². The van der Waals surface area contributed by atoms with Crippen LogP contribution in [0.15, 0.2) is 30.5 Å². The standard InChI is InChI=1S/C13H13ClFN3O/c1-19-13-17-8-11(14)12(18-13)16-7-6-9-2-4-10(15)5-3-9/h2-5,8H,6-7H2,1H3,(H,16,17,18). The fourth-order valence-corrected chi connectivity index (χ4v) is 1.71. The fourth-order valence-electron chi connectivity index (χ4n) is 1.55. The molecule has 1 aromatic heterocycles. The van der Waals surface area contributed by atoms with Crippen LogP contribution >= 0.6 is 11.6 Å². The Kier molecular flexibility index (Phi) is 4.52. The molecular formula is C13H13ClFN3O. The number of anilines is 1. The van der Waals surface area contributed by atoms with Crippen molar-refractivity contribution in [1.29, 1.82) is 0 Å². The predicted octanol–water partition coefficient (Wildman–Crippen LogP) is 2.93. The zero-order chi connectivity index (χ0) is 13.7. The number of halogens is 2. The molecule has 2 rings (SSSR count). The van der Waals surface area contributed by atoms with Gasteiger partial charge in [0.1, 0.15) is 10.8 Å². The molecule has 100 valence electrons. The van der Waals surface area contributed by atoms with Crippen molar-refractivity contribution in [2.24, 2.45) is 0 Å². The number of methoxy groups -OCH3 is 1. The number of rotatable bonds is 5. The summed E-state index contributed by atoms with van der Waals surface area (Å²) >= 11 is 5.96. The molecule has 1 N–H and O–H groups in total. The first-order chi connectivity index (χ1) is 9.19. The largest absolute Gasteiger partial charge is 0.467 e. The van der Waals surface area contributed by atoms with Gasteiger partial charge < -0.3 is 10.1 Å². The number of nitrogens with one attached hydrogen (secondary N) is 1. The summed E-state index contributed by atoms with van der Waals surface area (Å²) in [5.41, 5.74) is 1.03. The lowest BCUT2D eigenvalue weighted by molar-refractivity contribution is 0.380. The Morgan fingerprint density at radius 2 is 2.05 bits per heavy atom. The molecule has 2 aromatic rings. The van der Waals surface area contributed by atoms with Gasteiger partial charge in [-0.1, -0.05) is 23.7 Å². The third-order valence-electron chi connectivity index (χ3n) is 2.52. The summed E-state index contributed by atoms with van der Waals surface area (Å²) in [5, 5.41) is 3.52. The second-order valence-electron chi connectivity index (χ2n) is 3.86. The molecule has 0 unspecified atom stereocenters. The van der Waals surface area contributed by atoms with E-state index in [1.54, 1.807) is 12.1 Å². The van der Waals surface area contributed by atoms with Crippen LogP contribution in [-0.2, 0) is 6.42 Å². The highest BCUT2D eigenvalue weighted by molar-refractivity contribution is 6.32. The van der Waals surface area contributed by atoms with Gasteiger partial charge in [0.15, 0.2) is 5.82 Å². The summed E-state index contributed by atoms with van der Waals surface area (Å²) in [6.07, 6.45) is 2.22. The molecular weight excluding hydrogens is 269 g/mol. The molecule has 4 nitrogen and oxygen atoms in total. The summed E-state index contributed by atoms with van der Waals surface area (Å²) in [5.74, 6) is 0.288. The molecule has 0 atom stereocenters. The van der Waals surface area contributed by atoms with Crippen molar-refractivity contribution < 1.29 is 9.13 Å². The van der Waals surface area contributed by atoms with E-state index in [1.807, 2.05) is 0 Å². The van der Waals surface area contributed by atoms with E-state index in [0.717, 1.165) is 12.0 Å². The molecule has 0 aliphatic carbocycles. The van der Waals surface area contributed by atoms with Crippen LogP contribution in [-0.4, -0.2) is 23.6 Å². The number of benzene rings is 1. The lowest BCUT2D eigenvalue weighted by Gasteiger charge is -2.08. The summed E-state index contributed by atoms with van der Waals surface area (Å²) < 4.78 is 17.7. The van der Waals surface area contributed by atoms with Crippen molar-refractivity contribution in [3.63, 3.8) is 0 Å². The van der Waals surface area contributed by atoms with Gasteiger partial charge in [-0.3, -0.25) is 0 Å². The van der Waals surface area contributed by atoms with Crippen LogP contribution in [0.2, 0.25) is 5.02 Å². The summed E-state index contributed by atoms with van der Waals surface area (Å²) in [6.45, 7) is 0.630. The number of hydrogen-bond donors (Lipinski definition) is 1. The second-order valence-corrected chi connectivity index (χ2v) is 4.26. The van der Waals surface area contributed by atoms with Crippen LogP contribution < -0.4 is 10.1 Å². The van der Waals surface area contributed by atoms with E-state index >= 15 is 0 Å². The van der Waals surface area contributed by atoms with Crippen molar-refractivity contribution in [3.05, 3.63) is 46.9 Å². The van der Waals surface area contributed by atoms with Crippen LogP contribution in [0.1, 0.15) is 5.56 Å². The Labute approximate surface area is 115 Å². The highest BCUT2D eigenvalue weighted by atomic mass is 35.5. The summed E-state index contributed by atoms with van der Waals surface area (Å²) in [4.78, 5) is 7.99. The lowest BCUT2D eigenvalue weighted by Crippen LogP contribution is -2.08. The number of ether oxygens (including phenoxy) is 1. The minimum atomic E-state index is -0.236. The maximum atomic E-state index is 12.7. The quantitative estimate of drug-likeness (QED) is 0.915. The highest BCUT2D eigenvalue weighted by Crippen LogP contribution is 2.19. The van der Waals surface area contributed by atoms with E-state index in [-0.39, 0.29) is 11.8 Å². The van der Waals surface area contributed by atoms with Crippen molar-refractivity contribution in [1.82, 2.24) is 9.97 Å². The van der Waals surface area contributed by atoms with Gasteiger partial charge in [0.25, 0.3) is 0 Å². The SMILES string of the molecule is COc1ncc(Cl)c(NCCc2ccc(F)cc2)n1. The average molecular weight is 282 g/mol. The van der Waals surface area contributed by atoms with E-state index in [9.17, 15) is 4.39 Å². The lowest BCUT2D eigenvalue weighted by atomic mass is 10.1. The normalized spacial score (nSPS) is 10.3. The third-order valence-corrected chi connectivity index (χ3v) is 2.80. The third kappa shape index (κ3) is 3.79. The Morgan fingerprint density at radius 1 is 1.32 bits per heavy atom. The van der Waals surface area contributed by atoms with E-state index in [2.05, 4.69) is 15.3 Å². The van der Waals surface area contributed by atoms with Crippen molar-refractivity contribution in [2.45, 2.75) is 6.42 Å². The van der Waals surface area contributed by atoms with E-state index in [1.165, 1.54) is 25.4 Å². The number of hydrogen-bond acceptors (Lipinski definition) is 4. The molecule has 0 fully saturated rings. The Morgan fingerprint density at radius 3 is 2.74 bits per heavy atom. The molecule has 6 heteroatoms.